The standard InChI is InChI=1S/C15H29N3O2/c1-17(2)15(19)11-18-7-5-14(6-8-18)16-10-13-4-3-9-20-12-13/h13-14,16H,3-12H2,1-2H3. The van der Waals surface area contributed by atoms with Crippen molar-refractivity contribution in [3.8, 4) is 0 Å². The van der Waals surface area contributed by atoms with E-state index in [1.165, 1.54) is 12.8 Å². The van der Waals surface area contributed by atoms with Gasteiger partial charge in [0.05, 0.1) is 13.2 Å². The van der Waals surface area contributed by atoms with E-state index in [1.807, 2.05) is 14.1 Å². The van der Waals surface area contributed by atoms with Gasteiger partial charge in [0.25, 0.3) is 0 Å². The molecule has 0 aromatic rings. The Kier molecular flexibility index (Phi) is 6.26. The van der Waals surface area contributed by atoms with Gasteiger partial charge in [0.15, 0.2) is 0 Å². The number of hydrogen-bond acceptors (Lipinski definition) is 4. The number of ether oxygens (including phenoxy) is 1. The molecular weight excluding hydrogens is 254 g/mol. The third kappa shape index (κ3) is 5.04. The van der Waals surface area contributed by atoms with Crippen LogP contribution in [0.4, 0.5) is 0 Å². The number of amides is 1. The molecule has 0 bridgehead atoms. The van der Waals surface area contributed by atoms with Gasteiger partial charge in [0, 0.05) is 46.4 Å². The van der Waals surface area contributed by atoms with E-state index in [4.69, 9.17) is 4.74 Å². The lowest BCUT2D eigenvalue weighted by atomic mass is 10.00. The largest absolute Gasteiger partial charge is 0.381 e. The van der Waals surface area contributed by atoms with Crippen molar-refractivity contribution >= 4 is 5.91 Å². The Hall–Kier alpha value is -0.650. The molecule has 2 saturated heterocycles. The lowest BCUT2D eigenvalue weighted by molar-refractivity contribution is -0.130. The molecule has 2 fully saturated rings. The molecule has 2 rings (SSSR count). The Balaban J connectivity index is 1.60. The minimum absolute atomic E-state index is 0.204. The van der Waals surface area contributed by atoms with E-state index in [-0.39, 0.29) is 5.91 Å². The number of nitrogens with zero attached hydrogens (tertiary/aromatic N) is 2. The number of likely N-dealkylation sites (tertiary alicyclic amines) is 1. The first kappa shape index (κ1) is 15.7. The monoisotopic (exact) mass is 283 g/mol. The average Bonchev–Trinajstić information content (AvgIpc) is 2.47. The number of rotatable bonds is 5. The molecule has 2 aliphatic heterocycles. The third-order valence-electron chi connectivity index (χ3n) is 4.40. The molecule has 0 aromatic carbocycles. The molecule has 1 amide bonds. The van der Waals surface area contributed by atoms with Gasteiger partial charge < -0.3 is 15.0 Å². The lowest BCUT2D eigenvalue weighted by Gasteiger charge is -2.33. The Morgan fingerprint density at radius 3 is 2.65 bits per heavy atom. The second kappa shape index (κ2) is 7.96. The predicted molar refractivity (Wildman–Crippen MR) is 79.7 cm³/mol. The van der Waals surface area contributed by atoms with Gasteiger partial charge in [-0.25, -0.2) is 0 Å². The average molecular weight is 283 g/mol. The minimum atomic E-state index is 0.204. The highest BCUT2D eigenvalue weighted by molar-refractivity contribution is 5.77. The van der Waals surface area contributed by atoms with Gasteiger partial charge in [-0.05, 0) is 31.6 Å². The molecule has 1 atom stereocenters. The molecule has 116 valence electrons. The smallest absolute Gasteiger partial charge is 0.236 e. The lowest BCUT2D eigenvalue weighted by Crippen LogP contribution is -2.47. The maximum Gasteiger partial charge on any atom is 0.236 e. The van der Waals surface area contributed by atoms with Crippen LogP contribution in [0, 0.1) is 5.92 Å². The summed E-state index contributed by atoms with van der Waals surface area (Å²) < 4.78 is 5.51. The van der Waals surface area contributed by atoms with E-state index >= 15 is 0 Å². The summed E-state index contributed by atoms with van der Waals surface area (Å²) in [7, 11) is 3.64. The molecule has 1 N–H and O–H groups in total. The van der Waals surface area contributed by atoms with E-state index in [0.29, 0.717) is 18.5 Å². The summed E-state index contributed by atoms with van der Waals surface area (Å²) in [4.78, 5) is 15.6. The zero-order chi connectivity index (χ0) is 14.4. The van der Waals surface area contributed by atoms with Crippen molar-refractivity contribution in [1.29, 1.82) is 0 Å². The summed E-state index contributed by atoms with van der Waals surface area (Å²) in [5, 5.41) is 3.69. The van der Waals surface area contributed by atoms with Crippen molar-refractivity contribution in [2.45, 2.75) is 31.7 Å². The van der Waals surface area contributed by atoms with Gasteiger partial charge in [-0.2, -0.15) is 0 Å². The molecular formula is C15H29N3O2. The van der Waals surface area contributed by atoms with Gasteiger partial charge in [0.2, 0.25) is 5.91 Å². The molecule has 0 spiro atoms. The van der Waals surface area contributed by atoms with Crippen molar-refractivity contribution in [2.75, 3.05) is 53.5 Å². The van der Waals surface area contributed by atoms with Crippen LogP contribution in [0.15, 0.2) is 0 Å². The van der Waals surface area contributed by atoms with Gasteiger partial charge in [-0.1, -0.05) is 0 Å². The minimum Gasteiger partial charge on any atom is -0.381 e. The van der Waals surface area contributed by atoms with Crippen LogP contribution in [0.5, 0.6) is 0 Å². The summed E-state index contributed by atoms with van der Waals surface area (Å²) in [6.07, 6.45) is 4.79. The van der Waals surface area contributed by atoms with Crippen LogP contribution in [0.3, 0.4) is 0 Å². The number of carbonyl (C=O) groups excluding carboxylic acids is 1. The molecule has 5 nitrogen and oxygen atoms in total. The number of hydrogen-bond donors (Lipinski definition) is 1. The van der Waals surface area contributed by atoms with Crippen LogP contribution in [0.1, 0.15) is 25.7 Å². The SMILES string of the molecule is CN(C)C(=O)CN1CCC(NCC2CCCOC2)CC1. The van der Waals surface area contributed by atoms with Crippen LogP contribution in [0.25, 0.3) is 0 Å². The Labute approximate surface area is 122 Å². The van der Waals surface area contributed by atoms with E-state index in [1.54, 1.807) is 4.90 Å². The van der Waals surface area contributed by atoms with Crippen LogP contribution >= 0.6 is 0 Å². The van der Waals surface area contributed by atoms with Crippen molar-refractivity contribution in [3.05, 3.63) is 0 Å². The highest BCUT2D eigenvalue weighted by Gasteiger charge is 2.22. The summed E-state index contributed by atoms with van der Waals surface area (Å²) >= 11 is 0. The molecule has 20 heavy (non-hydrogen) atoms. The highest BCUT2D eigenvalue weighted by atomic mass is 16.5. The zero-order valence-electron chi connectivity index (χ0n) is 12.9. The van der Waals surface area contributed by atoms with E-state index in [9.17, 15) is 4.79 Å². The summed E-state index contributed by atoms with van der Waals surface area (Å²) in [6.45, 7) is 5.56. The number of likely N-dealkylation sites (N-methyl/N-ethyl adjacent to an activating group) is 1. The van der Waals surface area contributed by atoms with Crippen LogP contribution in [0.2, 0.25) is 0 Å². The van der Waals surface area contributed by atoms with Gasteiger partial charge >= 0.3 is 0 Å². The Bertz CT molecular complexity index is 295. The fourth-order valence-corrected chi connectivity index (χ4v) is 2.93. The first-order chi connectivity index (χ1) is 9.65. The molecule has 0 aromatic heterocycles. The van der Waals surface area contributed by atoms with Crippen molar-refractivity contribution < 1.29 is 9.53 Å². The molecule has 0 radical (unpaired) electrons. The molecule has 2 aliphatic rings. The fourth-order valence-electron chi connectivity index (χ4n) is 2.93. The van der Waals surface area contributed by atoms with E-state index in [0.717, 1.165) is 45.7 Å². The van der Waals surface area contributed by atoms with Crippen LogP contribution in [-0.2, 0) is 9.53 Å². The number of piperidine rings is 1. The topological polar surface area (TPSA) is 44.8 Å². The Morgan fingerprint density at radius 1 is 1.30 bits per heavy atom. The molecule has 5 heteroatoms. The van der Waals surface area contributed by atoms with E-state index in [2.05, 4.69) is 10.2 Å². The van der Waals surface area contributed by atoms with E-state index < -0.39 is 0 Å². The molecule has 2 heterocycles. The van der Waals surface area contributed by atoms with Gasteiger partial charge in [-0.3, -0.25) is 9.69 Å². The third-order valence-corrected chi connectivity index (χ3v) is 4.40. The van der Waals surface area contributed by atoms with Crippen LogP contribution < -0.4 is 5.32 Å². The van der Waals surface area contributed by atoms with Crippen molar-refractivity contribution in [3.63, 3.8) is 0 Å². The quantitative estimate of drug-likeness (QED) is 0.800. The maximum atomic E-state index is 11.7. The first-order valence-corrected chi connectivity index (χ1v) is 7.89. The zero-order valence-corrected chi connectivity index (χ0v) is 12.9. The molecule has 0 aliphatic carbocycles. The van der Waals surface area contributed by atoms with Crippen LogP contribution in [-0.4, -0.2) is 75.2 Å². The van der Waals surface area contributed by atoms with Crippen molar-refractivity contribution in [1.82, 2.24) is 15.1 Å². The predicted octanol–water partition coefficient (Wildman–Crippen LogP) is 0.555. The highest BCUT2D eigenvalue weighted by Crippen LogP contribution is 2.15. The number of nitrogens with one attached hydrogen (secondary N) is 1. The number of carbonyl (C=O) groups is 1. The maximum absolute atomic E-state index is 11.7. The summed E-state index contributed by atoms with van der Waals surface area (Å²) in [5.41, 5.74) is 0. The molecule has 0 saturated carbocycles. The van der Waals surface area contributed by atoms with Gasteiger partial charge in [0.1, 0.15) is 0 Å². The normalized spacial score (nSPS) is 25.6. The summed E-state index contributed by atoms with van der Waals surface area (Å²) in [6, 6.07) is 0.614. The fraction of sp³-hybridized carbons (Fsp3) is 0.933. The van der Waals surface area contributed by atoms with Crippen molar-refractivity contribution in [2.24, 2.45) is 5.92 Å². The molecule has 1 unspecified atom stereocenters. The van der Waals surface area contributed by atoms with Gasteiger partial charge in [-0.15, -0.1) is 0 Å². The first-order valence-electron chi connectivity index (χ1n) is 7.89. The second-order valence-corrected chi connectivity index (χ2v) is 6.33. The summed E-state index contributed by atoms with van der Waals surface area (Å²) in [5.74, 6) is 0.896. The second-order valence-electron chi connectivity index (χ2n) is 6.33. The Morgan fingerprint density at radius 2 is 2.05 bits per heavy atom.